The topological polar surface area (TPSA) is 36.9 Å². The van der Waals surface area contributed by atoms with Crippen LogP contribution in [0.1, 0.15) is 104 Å². The minimum Gasteiger partial charge on any atom is -0.397 e. The molecule has 2 aliphatic rings. The third-order valence-electron chi connectivity index (χ3n) is 9.72. The van der Waals surface area contributed by atoms with Gasteiger partial charge in [-0.25, -0.2) is 0 Å². The van der Waals surface area contributed by atoms with E-state index < -0.39 is 17.1 Å². The summed E-state index contributed by atoms with van der Waals surface area (Å²) in [4.78, 5) is 0. The summed E-state index contributed by atoms with van der Waals surface area (Å²) in [5.41, 5.74) is 0. The van der Waals surface area contributed by atoms with E-state index in [4.69, 9.17) is 17.7 Å². The van der Waals surface area contributed by atoms with Crippen LogP contribution in [0.2, 0.25) is 22.2 Å². The van der Waals surface area contributed by atoms with E-state index in [-0.39, 0.29) is 5.04 Å². The highest BCUT2D eigenvalue weighted by atomic mass is 28.4. The maximum Gasteiger partial charge on any atom is 0.344 e. The number of rotatable bonds is 13. The summed E-state index contributed by atoms with van der Waals surface area (Å²) in [6, 6.07) is 2.33. The van der Waals surface area contributed by atoms with Gasteiger partial charge in [-0.05, 0) is 50.1 Å². The van der Waals surface area contributed by atoms with Crippen LogP contribution in [-0.4, -0.2) is 45.6 Å². The van der Waals surface area contributed by atoms with E-state index in [0.29, 0.717) is 11.0 Å². The van der Waals surface area contributed by atoms with Crippen LogP contribution >= 0.6 is 0 Å². The van der Waals surface area contributed by atoms with Crippen LogP contribution in [0.25, 0.3) is 0 Å². The molecule has 4 nitrogen and oxygen atoms in total. The molecule has 0 aromatic carbocycles. The van der Waals surface area contributed by atoms with Crippen molar-refractivity contribution in [3.63, 3.8) is 0 Å². The molecule has 0 radical (unpaired) electrons. The Morgan fingerprint density at radius 3 is 1.81 bits per heavy atom. The van der Waals surface area contributed by atoms with Gasteiger partial charge < -0.3 is 17.7 Å². The normalized spacial score (nSPS) is 31.5. The van der Waals surface area contributed by atoms with Crippen molar-refractivity contribution >= 4 is 17.1 Å². The Morgan fingerprint density at radius 2 is 1.29 bits per heavy atom. The second-order valence-electron chi connectivity index (χ2n) is 10.2. The molecule has 3 unspecified atom stereocenters. The van der Waals surface area contributed by atoms with Gasteiger partial charge in [0.05, 0.1) is 0 Å². The largest absolute Gasteiger partial charge is 0.397 e. The van der Waals surface area contributed by atoms with E-state index in [2.05, 4.69) is 20.8 Å². The number of hydrogen-bond donors (Lipinski definition) is 0. The van der Waals surface area contributed by atoms with E-state index in [1.807, 2.05) is 28.4 Å². The fourth-order valence-corrected chi connectivity index (χ4v) is 16.9. The highest BCUT2D eigenvalue weighted by Gasteiger charge is 2.60. The molecule has 3 atom stereocenters. The summed E-state index contributed by atoms with van der Waals surface area (Å²) in [7, 11) is 3.37. The van der Waals surface area contributed by atoms with Crippen LogP contribution in [-0.2, 0) is 17.7 Å². The lowest BCUT2D eigenvalue weighted by atomic mass is 9.79. The van der Waals surface area contributed by atoms with Crippen LogP contribution in [0.4, 0.5) is 0 Å². The van der Waals surface area contributed by atoms with Gasteiger partial charge in [0.2, 0.25) is 0 Å². The predicted octanol–water partition coefficient (Wildman–Crippen LogP) is 7.71. The summed E-state index contributed by atoms with van der Waals surface area (Å²) in [6.07, 6.45) is 16.6. The van der Waals surface area contributed by atoms with Crippen LogP contribution in [0.15, 0.2) is 0 Å². The van der Waals surface area contributed by atoms with Gasteiger partial charge in [-0.2, -0.15) is 0 Å². The van der Waals surface area contributed by atoms with Gasteiger partial charge in [0.15, 0.2) is 0 Å². The second-order valence-corrected chi connectivity index (χ2v) is 17.9. The molecule has 31 heavy (non-hydrogen) atoms. The van der Waals surface area contributed by atoms with Gasteiger partial charge in [0.25, 0.3) is 0 Å². The molecule has 0 aromatic rings. The van der Waals surface area contributed by atoms with Gasteiger partial charge in [0, 0.05) is 38.5 Å². The van der Waals surface area contributed by atoms with Crippen molar-refractivity contribution in [1.29, 1.82) is 0 Å². The third-order valence-corrected chi connectivity index (χ3v) is 19.4. The first-order chi connectivity index (χ1) is 14.9. The Bertz CT molecular complexity index is 524. The quantitative estimate of drug-likeness (QED) is 0.203. The summed E-state index contributed by atoms with van der Waals surface area (Å²) in [5.74, 6) is 0.708. The lowest BCUT2D eigenvalue weighted by Crippen LogP contribution is -2.57. The molecule has 0 aromatic heterocycles. The second kappa shape index (κ2) is 12.1. The standard InChI is InChI=1S/C25H52O4Si2/c1-8-23(25(10-3)20-14-16-22-31(25,28-6)29-7)17-11-12-18-24(9-2)19-13-15-21-30(24,26-4)27-5/h23H,8-22H2,1-7H3. The average molecular weight is 473 g/mol. The third kappa shape index (κ3) is 4.90. The Labute approximate surface area is 195 Å². The molecule has 6 heteroatoms. The minimum atomic E-state index is -2.18. The number of hydrogen-bond acceptors (Lipinski definition) is 4. The van der Waals surface area contributed by atoms with Crippen molar-refractivity contribution in [3.05, 3.63) is 0 Å². The van der Waals surface area contributed by atoms with Gasteiger partial charge in [-0.3, -0.25) is 0 Å². The molecule has 2 rings (SSSR count). The van der Waals surface area contributed by atoms with E-state index in [1.54, 1.807) is 0 Å². The van der Waals surface area contributed by atoms with E-state index in [1.165, 1.54) is 95.6 Å². The molecule has 2 fully saturated rings. The van der Waals surface area contributed by atoms with Crippen LogP contribution in [0.3, 0.4) is 0 Å². The summed E-state index contributed by atoms with van der Waals surface area (Å²) >= 11 is 0. The molecule has 0 amide bonds. The zero-order valence-electron chi connectivity index (χ0n) is 21.8. The van der Waals surface area contributed by atoms with Crippen LogP contribution < -0.4 is 0 Å². The van der Waals surface area contributed by atoms with Gasteiger partial charge >= 0.3 is 17.1 Å². The monoisotopic (exact) mass is 472 g/mol. The fourth-order valence-electron chi connectivity index (χ4n) is 7.84. The van der Waals surface area contributed by atoms with Crippen LogP contribution in [0, 0.1) is 5.92 Å². The lowest BCUT2D eigenvalue weighted by molar-refractivity contribution is 0.133. The summed E-state index contributed by atoms with van der Waals surface area (Å²) in [6.45, 7) is 7.15. The van der Waals surface area contributed by atoms with Crippen molar-refractivity contribution in [1.82, 2.24) is 0 Å². The van der Waals surface area contributed by atoms with Crippen molar-refractivity contribution in [2.75, 3.05) is 28.4 Å². The molecule has 2 saturated heterocycles. The molecular formula is C25H52O4Si2. The summed E-state index contributed by atoms with van der Waals surface area (Å²) < 4.78 is 25.0. The van der Waals surface area contributed by atoms with Crippen molar-refractivity contribution in [2.24, 2.45) is 5.92 Å². The first kappa shape index (κ1) is 27.5. The predicted molar refractivity (Wildman–Crippen MR) is 135 cm³/mol. The van der Waals surface area contributed by atoms with Crippen molar-refractivity contribution in [3.8, 4) is 0 Å². The van der Waals surface area contributed by atoms with Gasteiger partial charge in [-0.1, -0.05) is 72.1 Å². The molecule has 0 N–H and O–H groups in total. The van der Waals surface area contributed by atoms with Gasteiger partial charge in [0.1, 0.15) is 0 Å². The van der Waals surface area contributed by atoms with E-state index in [9.17, 15) is 0 Å². The minimum absolute atomic E-state index is 0.272. The highest BCUT2D eigenvalue weighted by Crippen LogP contribution is 2.60. The smallest absolute Gasteiger partial charge is 0.344 e. The van der Waals surface area contributed by atoms with Crippen molar-refractivity contribution < 1.29 is 17.7 Å². The Hall–Kier alpha value is 0.274. The molecule has 0 bridgehead atoms. The molecule has 2 aliphatic heterocycles. The molecular weight excluding hydrogens is 420 g/mol. The lowest BCUT2D eigenvalue weighted by Gasteiger charge is -2.53. The molecule has 2 heterocycles. The Morgan fingerprint density at radius 1 is 0.710 bits per heavy atom. The van der Waals surface area contributed by atoms with Crippen molar-refractivity contribution in [2.45, 2.75) is 126 Å². The van der Waals surface area contributed by atoms with Gasteiger partial charge in [-0.15, -0.1) is 0 Å². The zero-order valence-corrected chi connectivity index (χ0v) is 23.8. The average Bonchev–Trinajstić information content (AvgIpc) is 2.84. The first-order valence-corrected chi connectivity index (χ1v) is 17.2. The number of unbranched alkanes of at least 4 members (excludes halogenated alkanes) is 1. The maximum atomic E-state index is 6.30. The van der Waals surface area contributed by atoms with E-state index >= 15 is 0 Å². The Balaban J connectivity index is 2.09. The Kier molecular flexibility index (Phi) is 10.8. The zero-order chi connectivity index (χ0) is 23.0. The highest BCUT2D eigenvalue weighted by molar-refractivity contribution is 6.71. The SMILES string of the molecule is CCC(CCCCC1(CC)CCCC[Si]1(OC)OC)C1(CC)CCCC[Si]1(OC)OC. The van der Waals surface area contributed by atoms with E-state index in [0.717, 1.165) is 0 Å². The maximum absolute atomic E-state index is 6.30. The first-order valence-electron chi connectivity index (χ1n) is 13.2. The van der Waals surface area contributed by atoms with Crippen LogP contribution in [0.5, 0.6) is 0 Å². The molecule has 0 saturated carbocycles. The fraction of sp³-hybridized carbons (Fsp3) is 1.00. The molecule has 184 valence electrons. The molecule has 0 spiro atoms. The molecule has 0 aliphatic carbocycles. The summed E-state index contributed by atoms with van der Waals surface area (Å²) in [5, 5.41) is 0.565.